The van der Waals surface area contributed by atoms with Crippen LogP contribution in [-0.2, 0) is 4.57 Å². The van der Waals surface area contributed by atoms with Gasteiger partial charge in [0.1, 0.15) is 7.80 Å². The number of aryl methyl sites for hydroxylation is 3. The van der Waals surface area contributed by atoms with Crippen molar-refractivity contribution < 1.29 is 9.36 Å². The highest BCUT2D eigenvalue weighted by atomic mass is 31.1. The van der Waals surface area contributed by atoms with Crippen molar-refractivity contribution in [3.8, 4) is 0 Å². The first-order valence-corrected chi connectivity index (χ1v) is 6.74. The molecule has 82 valence electrons. The number of carbonyl (C=O) groups is 1. The van der Waals surface area contributed by atoms with Crippen LogP contribution in [0.5, 0.6) is 0 Å². The van der Waals surface area contributed by atoms with Crippen LogP contribution in [0.1, 0.15) is 34.0 Å². The Bertz CT molecular complexity index is 399. The van der Waals surface area contributed by atoms with Crippen molar-refractivity contribution in [2.45, 2.75) is 27.7 Å². The third kappa shape index (κ3) is 2.57. The molecular formula is C12H17O2P. The Morgan fingerprint density at radius 2 is 1.67 bits per heavy atom. The van der Waals surface area contributed by atoms with E-state index in [-0.39, 0.29) is 5.52 Å². The van der Waals surface area contributed by atoms with Crippen molar-refractivity contribution in [2.75, 3.05) is 6.16 Å². The first kappa shape index (κ1) is 12.2. The highest BCUT2D eigenvalue weighted by molar-refractivity contribution is 7.64. The van der Waals surface area contributed by atoms with Gasteiger partial charge in [-0.05, 0) is 31.9 Å². The second-order valence-corrected chi connectivity index (χ2v) is 5.89. The van der Waals surface area contributed by atoms with Gasteiger partial charge in [0.2, 0.25) is 5.52 Å². The minimum absolute atomic E-state index is 0.169. The van der Waals surface area contributed by atoms with E-state index in [0.717, 1.165) is 16.7 Å². The molecule has 1 rings (SSSR count). The summed E-state index contributed by atoms with van der Waals surface area (Å²) in [5, 5.41) is 0. The van der Waals surface area contributed by atoms with Crippen molar-refractivity contribution in [3.05, 3.63) is 34.4 Å². The van der Waals surface area contributed by atoms with Crippen LogP contribution in [0.2, 0.25) is 0 Å². The van der Waals surface area contributed by atoms with Crippen molar-refractivity contribution in [1.82, 2.24) is 0 Å². The molecule has 0 aliphatic carbocycles. The molecule has 0 aromatic heterocycles. The van der Waals surface area contributed by atoms with E-state index in [1.807, 2.05) is 32.9 Å². The van der Waals surface area contributed by atoms with Gasteiger partial charge in [0.05, 0.1) is 0 Å². The van der Waals surface area contributed by atoms with E-state index in [0.29, 0.717) is 11.7 Å². The fourth-order valence-corrected chi connectivity index (χ4v) is 2.83. The Labute approximate surface area is 91.5 Å². The summed E-state index contributed by atoms with van der Waals surface area (Å²) < 4.78 is 11.5. The Balaban J connectivity index is 3.26. The maximum Gasteiger partial charge on any atom is 0.219 e. The van der Waals surface area contributed by atoms with Gasteiger partial charge < -0.3 is 4.57 Å². The first-order valence-electron chi connectivity index (χ1n) is 5.12. The molecule has 0 saturated carbocycles. The van der Waals surface area contributed by atoms with Gasteiger partial charge >= 0.3 is 0 Å². The van der Waals surface area contributed by atoms with Crippen LogP contribution in [0, 0.1) is 20.8 Å². The molecule has 0 bridgehead atoms. The summed E-state index contributed by atoms with van der Waals surface area (Å²) in [6.45, 7) is 7.59. The summed E-state index contributed by atoms with van der Waals surface area (Å²) in [4.78, 5) is 11.9. The molecule has 1 atom stereocenters. The van der Waals surface area contributed by atoms with Crippen molar-refractivity contribution in [2.24, 2.45) is 0 Å². The highest BCUT2D eigenvalue weighted by Gasteiger charge is 2.17. The first-order chi connectivity index (χ1) is 6.97. The van der Waals surface area contributed by atoms with E-state index in [9.17, 15) is 9.36 Å². The van der Waals surface area contributed by atoms with Gasteiger partial charge in [-0.1, -0.05) is 24.6 Å². The minimum Gasteiger partial charge on any atom is -0.318 e. The smallest absolute Gasteiger partial charge is 0.219 e. The zero-order valence-electron chi connectivity index (χ0n) is 9.68. The second kappa shape index (κ2) is 4.76. The van der Waals surface area contributed by atoms with E-state index < -0.39 is 7.80 Å². The van der Waals surface area contributed by atoms with E-state index in [2.05, 4.69) is 0 Å². The Hall–Kier alpha value is -0.880. The predicted octanol–water partition coefficient (Wildman–Crippen LogP) is 3.33. The van der Waals surface area contributed by atoms with Crippen molar-refractivity contribution in [1.29, 1.82) is 0 Å². The lowest BCUT2D eigenvalue weighted by molar-refractivity contribution is 0.107. The summed E-state index contributed by atoms with van der Waals surface area (Å²) in [7, 11) is -2.10. The van der Waals surface area contributed by atoms with E-state index in [1.54, 1.807) is 6.92 Å². The fourth-order valence-electron chi connectivity index (χ4n) is 1.84. The van der Waals surface area contributed by atoms with E-state index in [4.69, 9.17) is 0 Å². The average molecular weight is 224 g/mol. The summed E-state index contributed by atoms with van der Waals surface area (Å²) in [5.41, 5.74) is 3.50. The Morgan fingerprint density at radius 1 is 1.20 bits per heavy atom. The van der Waals surface area contributed by atoms with Crippen molar-refractivity contribution in [3.63, 3.8) is 0 Å². The molecule has 0 aliphatic heterocycles. The average Bonchev–Trinajstić information content (AvgIpc) is 2.14. The predicted molar refractivity (Wildman–Crippen MR) is 64.5 cm³/mol. The summed E-state index contributed by atoms with van der Waals surface area (Å²) in [6.07, 6.45) is 0.455. The van der Waals surface area contributed by atoms with Crippen LogP contribution in [0.4, 0.5) is 0 Å². The van der Waals surface area contributed by atoms with Crippen LogP contribution in [0.25, 0.3) is 0 Å². The fraction of sp³-hybridized carbons (Fsp3) is 0.417. The molecule has 0 amide bonds. The van der Waals surface area contributed by atoms with Gasteiger partial charge in [-0.15, -0.1) is 0 Å². The molecule has 2 nitrogen and oxygen atoms in total. The lowest BCUT2D eigenvalue weighted by Gasteiger charge is -2.09. The zero-order valence-corrected chi connectivity index (χ0v) is 10.7. The maximum atomic E-state index is 11.9. The highest BCUT2D eigenvalue weighted by Crippen LogP contribution is 2.30. The molecule has 0 aliphatic rings. The van der Waals surface area contributed by atoms with Crippen LogP contribution in [0.3, 0.4) is 0 Å². The number of rotatable bonds is 3. The standard InChI is InChI=1S/C12H17O2P/c1-5-15(14)12(13)11-9(3)6-8(2)7-10(11)4/h6-7,15H,5H2,1-4H3. The summed E-state index contributed by atoms with van der Waals surface area (Å²) >= 11 is 0. The molecule has 15 heavy (non-hydrogen) atoms. The molecule has 1 unspecified atom stereocenters. The largest absolute Gasteiger partial charge is 0.318 e. The molecule has 0 saturated heterocycles. The lowest BCUT2D eigenvalue weighted by Crippen LogP contribution is -2.01. The maximum absolute atomic E-state index is 11.9. The van der Waals surface area contributed by atoms with Crippen LogP contribution in [0.15, 0.2) is 12.1 Å². The molecule has 0 radical (unpaired) electrons. The number of carbonyl (C=O) groups excluding carboxylic acids is 1. The SMILES string of the molecule is CC[PH](=O)C(=O)c1c(C)cc(C)cc1C. The van der Waals surface area contributed by atoms with Gasteiger partial charge in [0, 0.05) is 11.7 Å². The molecule has 0 spiro atoms. The van der Waals surface area contributed by atoms with Crippen LogP contribution in [-0.4, -0.2) is 11.7 Å². The summed E-state index contributed by atoms with van der Waals surface area (Å²) in [5.74, 6) is 0. The third-order valence-corrected chi connectivity index (χ3v) is 3.88. The molecule has 3 heteroatoms. The molecule has 0 N–H and O–H groups in total. The molecular weight excluding hydrogens is 207 g/mol. The zero-order chi connectivity index (χ0) is 11.6. The second-order valence-electron chi connectivity index (χ2n) is 3.88. The third-order valence-electron chi connectivity index (χ3n) is 2.48. The van der Waals surface area contributed by atoms with Crippen LogP contribution < -0.4 is 0 Å². The van der Waals surface area contributed by atoms with Crippen molar-refractivity contribution >= 4 is 13.3 Å². The molecule has 1 aromatic rings. The Morgan fingerprint density at radius 3 is 2.07 bits per heavy atom. The van der Waals surface area contributed by atoms with Gasteiger partial charge in [-0.3, -0.25) is 4.79 Å². The van der Waals surface area contributed by atoms with E-state index in [1.165, 1.54) is 0 Å². The lowest BCUT2D eigenvalue weighted by atomic mass is 10.0. The quantitative estimate of drug-likeness (QED) is 0.738. The number of benzene rings is 1. The van der Waals surface area contributed by atoms with Gasteiger partial charge in [-0.2, -0.15) is 0 Å². The number of hydrogen-bond acceptors (Lipinski definition) is 2. The van der Waals surface area contributed by atoms with Gasteiger partial charge in [0.25, 0.3) is 0 Å². The van der Waals surface area contributed by atoms with Crippen LogP contribution >= 0.6 is 7.80 Å². The molecule has 0 heterocycles. The topological polar surface area (TPSA) is 34.1 Å². The Kier molecular flexibility index (Phi) is 3.87. The van der Waals surface area contributed by atoms with Gasteiger partial charge in [-0.25, -0.2) is 0 Å². The van der Waals surface area contributed by atoms with Gasteiger partial charge in [0.15, 0.2) is 0 Å². The minimum atomic E-state index is -2.10. The van der Waals surface area contributed by atoms with E-state index >= 15 is 0 Å². The normalized spacial score (nSPS) is 12.5. The molecule has 1 aromatic carbocycles. The number of hydrogen-bond donors (Lipinski definition) is 0. The molecule has 0 fully saturated rings. The summed E-state index contributed by atoms with van der Waals surface area (Å²) in [6, 6.07) is 3.93. The monoisotopic (exact) mass is 224 g/mol.